The number of amides is 1. The number of nitrogens with two attached hydrogens (primary N) is 1. The van der Waals surface area contributed by atoms with Gasteiger partial charge in [-0.05, 0) is 18.6 Å². The minimum Gasteiger partial charge on any atom is -0.489 e. The molecule has 0 spiro atoms. The maximum Gasteiger partial charge on any atom is 0.231 e. The van der Waals surface area contributed by atoms with Crippen molar-refractivity contribution >= 4 is 5.91 Å². The summed E-state index contributed by atoms with van der Waals surface area (Å²) < 4.78 is 5.75. The molecular weight excluding hydrogens is 206 g/mol. The van der Waals surface area contributed by atoms with Gasteiger partial charge in [-0.2, -0.15) is 0 Å². The molecule has 2 N–H and O–H groups in total. The van der Waals surface area contributed by atoms with Crippen LogP contribution in [-0.4, -0.2) is 41.5 Å². The monoisotopic (exact) mass is 221 g/mol. The number of carbonyl (C=O) groups is 1. The Labute approximate surface area is 94.2 Å². The Morgan fingerprint density at radius 1 is 1.56 bits per heavy atom. The molecule has 1 amide bonds. The van der Waals surface area contributed by atoms with E-state index in [1.165, 1.54) is 0 Å². The van der Waals surface area contributed by atoms with Gasteiger partial charge in [0.25, 0.3) is 0 Å². The van der Waals surface area contributed by atoms with E-state index in [-0.39, 0.29) is 12.0 Å². The van der Waals surface area contributed by atoms with Crippen LogP contribution in [0.2, 0.25) is 0 Å². The Bertz CT molecular complexity index is 356. The second kappa shape index (κ2) is 4.94. The molecular formula is C11H15N3O2. The molecule has 1 aromatic heterocycles. The van der Waals surface area contributed by atoms with Gasteiger partial charge in [-0.1, -0.05) is 0 Å². The molecule has 1 aromatic rings. The number of hydrogen-bond acceptors (Lipinski definition) is 4. The fourth-order valence-electron chi connectivity index (χ4n) is 1.87. The van der Waals surface area contributed by atoms with Gasteiger partial charge in [-0.15, -0.1) is 0 Å². The quantitative estimate of drug-likeness (QED) is 0.778. The molecule has 16 heavy (non-hydrogen) atoms. The lowest BCUT2D eigenvalue weighted by Crippen LogP contribution is -2.33. The number of pyridine rings is 1. The van der Waals surface area contributed by atoms with Crippen LogP contribution < -0.4 is 10.5 Å². The largest absolute Gasteiger partial charge is 0.489 e. The van der Waals surface area contributed by atoms with Gasteiger partial charge < -0.3 is 10.5 Å². The highest BCUT2D eigenvalue weighted by Gasteiger charge is 2.24. The molecule has 5 heteroatoms. The van der Waals surface area contributed by atoms with Gasteiger partial charge >= 0.3 is 0 Å². The van der Waals surface area contributed by atoms with Crippen LogP contribution >= 0.6 is 0 Å². The number of carbonyl (C=O) groups excluding carboxylic acids is 1. The lowest BCUT2D eigenvalue weighted by molar-refractivity contribution is -0.118. The number of primary amides is 1. The normalized spacial score (nSPS) is 20.9. The maximum atomic E-state index is 10.8. The first-order valence-corrected chi connectivity index (χ1v) is 5.31. The number of hydrogen-bond donors (Lipinski definition) is 1. The minimum atomic E-state index is -0.287. The smallest absolute Gasteiger partial charge is 0.231 e. The van der Waals surface area contributed by atoms with Crippen LogP contribution in [0.3, 0.4) is 0 Å². The van der Waals surface area contributed by atoms with Gasteiger partial charge in [-0.25, -0.2) is 0 Å². The minimum absolute atomic E-state index is 0.141. The molecule has 2 heterocycles. The molecule has 1 aliphatic heterocycles. The summed E-state index contributed by atoms with van der Waals surface area (Å²) in [5.41, 5.74) is 5.14. The molecule has 1 fully saturated rings. The van der Waals surface area contributed by atoms with Crippen LogP contribution in [0, 0.1) is 0 Å². The van der Waals surface area contributed by atoms with Crippen LogP contribution in [0.25, 0.3) is 0 Å². The topological polar surface area (TPSA) is 68.5 Å². The molecule has 0 aliphatic carbocycles. The van der Waals surface area contributed by atoms with Crippen molar-refractivity contribution in [2.75, 3.05) is 19.6 Å². The highest BCUT2D eigenvalue weighted by Crippen LogP contribution is 2.16. The van der Waals surface area contributed by atoms with Crippen molar-refractivity contribution in [2.45, 2.75) is 12.5 Å². The predicted molar refractivity (Wildman–Crippen MR) is 58.9 cm³/mol. The lowest BCUT2D eigenvalue weighted by atomic mass is 10.3. The van der Waals surface area contributed by atoms with Gasteiger partial charge in [-0.3, -0.25) is 14.7 Å². The van der Waals surface area contributed by atoms with E-state index in [9.17, 15) is 4.79 Å². The van der Waals surface area contributed by atoms with Crippen molar-refractivity contribution in [3.8, 4) is 5.75 Å². The molecule has 5 nitrogen and oxygen atoms in total. The Morgan fingerprint density at radius 2 is 2.31 bits per heavy atom. The molecule has 1 aliphatic rings. The van der Waals surface area contributed by atoms with Gasteiger partial charge in [0, 0.05) is 25.5 Å². The van der Waals surface area contributed by atoms with Crippen LogP contribution in [0.1, 0.15) is 6.42 Å². The third-order valence-corrected chi connectivity index (χ3v) is 2.56. The second-order valence-electron chi connectivity index (χ2n) is 3.91. The highest BCUT2D eigenvalue weighted by molar-refractivity contribution is 5.75. The highest BCUT2D eigenvalue weighted by atomic mass is 16.5. The zero-order valence-corrected chi connectivity index (χ0v) is 9.00. The van der Waals surface area contributed by atoms with E-state index >= 15 is 0 Å². The third-order valence-electron chi connectivity index (χ3n) is 2.56. The van der Waals surface area contributed by atoms with E-state index in [1.807, 2.05) is 17.0 Å². The van der Waals surface area contributed by atoms with Gasteiger partial charge in [0.1, 0.15) is 11.9 Å². The lowest BCUT2D eigenvalue weighted by Gasteiger charge is -2.15. The first-order chi connectivity index (χ1) is 7.74. The van der Waals surface area contributed by atoms with Crippen molar-refractivity contribution in [3.05, 3.63) is 24.5 Å². The molecule has 0 radical (unpaired) electrons. The van der Waals surface area contributed by atoms with Gasteiger partial charge in [0.2, 0.25) is 5.91 Å². The van der Waals surface area contributed by atoms with Crippen LogP contribution in [-0.2, 0) is 4.79 Å². The molecule has 0 saturated carbocycles. The van der Waals surface area contributed by atoms with Crippen LogP contribution in [0.15, 0.2) is 24.5 Å². The average Bonchev–Trinajstić information content (AvgIpc) is 2.66. The summed E-state index contributed by atoms with van der Waals surface area (Å²) in [6.45, 7) is 1.93. The Morgan fingerprint density at radius 3 is 3.00 bits per heavy atom. The molecule has 1 saturated heterocycles. The molecule has 1 unspecified atom stereocenters. The van der Waals surface area contributed by atoms with Crippen molar-refractivity contribution in [3.63, 3.8) is 0 Å². The maximum absolute atomic E-state index is 10.8. The first kappa shape index (κ1) is 10.9. The first-order valence-electron chi connectivity index (χ1n) is 5.31. The number of nitrogens with zero attached hydrogens (tertiary/aromatic N) is 2. The standard InChI is InChI=1S/C11H15N3O2/c12-11(15)8-14-6-3-10(7-14)16-9-1-4-13-5-2-9/h1-2,4-5,10H,3,6-8H2,(H2,12,15). The number of rotatable bonds is 4. The van der Waals surface area contributed by atoms with E-state index in [1.54, 1.807) is 12.4 Å². The van der Waals surface area contributed by atoms with Crippen molar-refractivity contribution in [1.29, 1.82) is 0 Å². The number of aromatic nitrogens is 1. The van der Waals surface area contributed by atoms with E-state index in [4.69, 9.17) is 10.5 Å². The summed E-state index contributed by atoms with van der Waals surface area (Å²) in [7, 11) is 0. The molecule has 1 atom stereocenters. The second-order valence-corrected chi connectivity index (χ2v) is 3.91. The number of ether oxygens (including phenoxy) is 1. The molecule has 2 rings (SSSR count). The van der Waals surface area contributed by atoms with Gasteiger partial charge in [0.15, 0.2) is 0 Å². The van der Waals surface area contributed by atoms with E-state index in [0.29, 0.717) is 6.54 Å². The Hall–Kier alpha value is -1.62. The van der Waals surface area contributed by atoms with Crippen molar-refractivity contribution < 1.29 is 9.53 Å². The summed E-state index contributed by atoms with van der Waals surface area (Å²) in [5, 5.41) is 0. The van der Waals surface area contributed by atoms with E-state index < -0.39 is 0 Å². The molecule has 0 aromatic carbocycles. The summed E-state index contributed by atoms with van der Waals surface area (Å²) in [6.07, 6.45) is 4.47. The summed E-state index contributed by atoms with van der Waals surface area (Å²) in [6, 6.07) is 3.66. The zero-order valence-electron chi connectivity index (χ0n) is 9.00. The Balaban J connectivity index is 1.83. The fraction of sp³-hybridized carbons (Fsp3) is 0.455. The van der Waals surface area contributed by atoms with E-state index in [0.717, 1.165) is 25.3 Å². The van der Waals surface area contributed by atoms with Crippen LogP contribution in [0.5, 0.6) is 5.75 Å². The zero-order chi connectivity index (χ0) is 11.4. The molecule has 86 valence electrons. The SMILES string of the molecule is NC(=O)CN1CCC(Oc2ccncc2)C1. The van der Waals surface area contributed by atoms with Crippen molar-refractivity contribution in [2.24, 2.45) is 5.73 Å². The third kappa shape index (κ3) is 2.93. The predicted octanol–water partition coefficient (Wildman–Crippen LogP) is 0.0200. The summed E-state index contributed by atoms with van der Waals surface area (Å²) in [5.74, 6) is 0.533. The fourth-order valence-corrected chi connectivity index (χ4v) is 1.87. The molecule has 0 bridgehead atoms. The summed E-state index contributed by atoms with van der Waals surface area (Å²) in [4.78, 5) is 16.7. The number of likely N-dealkylation sites (tertiary alicyclic amines) is 1. The van der Waals surface area contributed by atoms with E-state index in [2.05, 4.69) is 4.98 Å². The Kier molecular flexibility index (Phi) is 3.36. The average molecular weight is 221 g/mol. The van der Waals surface area contributed by atoms with Crippen molar-refractivity contribution in [1.82, 2.24) is 9.88 Å². The van der Waals surface area contributed by atoms with Crippen LogP contribution in [0.4, 0.5) is 0 Å². The summed E-state index contributed by atoms with van der Waals surface area (Å²) >= 11 is 0. The van der Waals surface area contributed by atoms with Gasteiger partial charge in [0.05, 0.1) is 6.54 Å².